The minimum absolute atomic E-state index is 0.308. The molecule has 0 amide bonds. The highest BCUT2D eigenvalue weighted by molar-refractivity contribution is 5.33. The Bertz CT molecular complexity index is 529. The van der Waals surface area contributed by atoms with Gasteiger partial charge in [-0.2, -0.15) is 0 Å². The second kappa shape index (κ2) is 5.11. The van der Waals surface area contributed by atoms with Gasteiger partial charge in [-0.05, 0) is 5.56 Å². The zero-order chi connectivity index (χ0) is 13.2. The van der Waals surface area contributed by atoms with Crippen LogP contribution in [0.3, 0.4) is 0 Å². The largest absolute Gasteiger partial charge is 0.372 e. The van der Waals surface area contributed by atoms with Crippen molar-refractivity contribution in [3.05, 3.63) is 71.3 Å². The van der Waals surface area contributed by atoms with Crippen LogP contribution < -0.4 is 0 Å². The topological polar surface area (TPSA) is 52.9 Å². The van der Waals surface area contributed by atoms with E-state index in [4.69, 9.17) is 4.84 Å². The van der Waals surface area contributed by atoms with Crippen molar-refractivity contribution in [1.82, 2.24) is 5.06 Å². The lowest BCUT2D eigenvalue weighted by atomic mass is 10.1. The van der Waals surface area contributed by atoms with Crippen molar-refractivity contribution in [3.8, 4) is 0 Å². The number of hydroxylamine groups is 2. The third-order valence-corrected chi connectivity index (χ3v) is 3.26. The first kappa shape index (κ1) is 12.3. The van der Waals surface area contributed by atoms with Crippen LogP contribution >= 0.6 is 0 Å². The fourth-order valence-corrected chi connectivity index (χ4v) is 2.25. The second-order valence-electron chi connectivity index (χ2n) is 4.50. The molecule has 0 spiro atoms. The van der Waals surface area contributed by atoms with E-state index in [2.05, 4.69) is 0 Å². The molecule has 2 atom stereocenters. The fourth-order valence-electron chi connectivity index (χ4n) is 2.25. The van der Waals surface area contributed by atoms with Gasteiger partial charge in [0.15, 0.2) is 12.5 Å². The predicted molar refractivity (Wildman–Crippen MR) is 69.4 cm³/mol. The van der Waals surface area contributed by atoms with Crippen molar-refractivity contribution in [2.24, 2.45) is 0 Å². The summed E-state index contributed by atoms with van der Waals surface area (Å²) in [6, 6.07) is 16.9. The van der Waals surface area contributed by atoms with Gasteiger partial charge in [0.25, 0.3) is 0 Å². The minimum Gasteiger partial charge on any atom is -0.372 e. The SMILES string of the molecule is OC1c2ccccc2C(O)N1OCc1ccccc1. The Morgan fingerprint density at radius 3 is 1.95 bits per heavy atom. The average Bonchev–Trinajstić information content (AvgIpc) is 2.71. The van der Waals surface area contributed by atoms with Crippen molar-refractivity contribution in [3.63, 3.8) is 0 Å². The molecule has 2 aromatic carbocycles. The van der Waals surface area contributed by atoms with E-state index in [1.54, 1.807) is 12.1 Å². The Hall–Kier alpha value is -1.72. The number of fused-ring (bicyclic) bond motifs is 1. The van der Waals surface area contributed by atoms with Gasteiger partial charge in [-0.25, -0.2) is 0 Å². The van der Waals surface area contributed by atoms with Crippen molar-refractivity contribution in [2.75, 3.05) is 0 Å². The summed E-state index contributed by atoms with van der Waals surface area (Å²) in [5, 5.41) is 21.5. The number of rotatable bonds is 3. The molecule has 2 unspecified atom stereocenters. The maximum atomic E-state index is 10.1. The molecule has 0 saturated heterocycles. The monoisotopic (exact) mass is 257 g/mol. The summed E-state index contributed by atoms with van der Waals surface area (Å²) in [5.74, 6) is 0. The molecule has 2 N–H and O–H groups in total. The number of hydrogen-bond acceptors (Lipinski definition) is 4. The summed E-state index contributed by atoms with van der Waals surface area (Å²) in [7, 11) is 0. The van der Waals surface area contributed by atoms with E-state index in [0.29, 0.717) is 17.7 Å². The van der Waals surface area contributed by atoms with E-state index in [9.17, 15) is 10.2 Å². The van der Waals surface area contributed by atoms with E-state index in [1.165, 1.54) is 5.06 Å². The normalized spacial score (nSPS) is 22.4. The summed E-state index contributed by atoms with van der Waals surface area (Å²) in [6.45, 7) is 0.308. The molecule has 1 heterocycles. The van der Waals surface area contributed by atoms with E-state index in [-0.39, 0.29) is 0 Å². The number of nitrogens with zero attached hydrogens (tertiary/aromatic N) is 1. The van der Waals surface area contributed by atoms with E-state index < -0.39 is 12.5 Å². The average molecular weight is 257 g/mol. The minimum atomic E-state index is -0.935. The zero-order valence-corrected chi connectivity index (χ0v) is 10.3. The number of benzene rings is 2. The van der Waals surface area contributed by atoms with Gasteiger partial charge in [-0.3, -0.25) is 4.84 Å². The van der Waals surface area contributed by atoms with E-state index in [0.717, 1.165) is 5.56 Å². The number of aliphatic hydroxyl groups excluding tert-OH is 2. The Labute approximate surface area is 111 Å². The van der Waals surface area contributed by atoms with Gasteiger partial charge in [0.1, 0.15) is 0 Å². The molecule has 19 heavy (non-hydrogen) atoms. The molecule has 3 rings (SSSR count). The van der Waals surface area contributed by atoms with Crippen molar-refractivity contribution in [1.29, 1.82) is 0 Å². The van der Waals surface area contributed by atoms with Crippen LogP contribution in [0, 0.1) is 0 Å². The molecule has 0 bridgehead atoms. The third kappa shape index (κ3) is 2.27. The second-order valence-corrected chi connectivity index (χ2v) is 4.50. The van der Waals surface area contributed by atoms with Crippen LogP contribution in [-0.2, 0) is 11.4 Å². The highest BCUT2D eigenvalue weighted by Gasteiger charge is 2.37. The first-order chi connectivity index (χ1) is 9.27. The summed E-state index contributed by atoms with van der Waals surface area (Å²) in [5.41, 5.74) is 2.35. The Morgan fingerprint density at radius 1 is 0.842 bits per heavy atom. The summed E-state index contributed by atoms with van der Waals surface area (Å²) in [4.78, 5) is 5.53. The van der Waals surface area contributed by atoms with Crippen LogP contribution in [-0.4, -0.2) is 15.3 Å². The molecule has 1 aliphatic heterocycles. The summed E-state index contributed by atoms with van der Waals surface area (Å²) >= 11 is 0. The molecule has 4 heteroatoms. The molecule has 0 aromatic heterocycles. The van der Waals surface area contributed by atoms with Crippen molar-refractivity contribution >= 4 is 0 Å². The zero-order valence-electron chi connectivity index (χ0n) is 10.3. The van der Waals surface area contributed by atoms with Crippen LogP contribution in [0.4, 0.5) is 0 Å². The van der Waals surface area contributed by atoms with E-state index >= 15 is 0 Å². The smallest absolute Gasteiger partial charge is 0.159 e. The summed E-state index contributed by atoms with van der Waals surface area (Å²) < 4.78 is 0. The van der Waals surface area contributed by atoms with Gasteiger partial charge in [0.05, 0.1) is 6.61 Å². The Morgan fingerprint density at radius 2 is 1.37 bits per heavy atom. The van der Waals surface area contributed by atoms with Crippen molar-refractivity contribution < 1.29 is 15.1 Å². The highest BCUT2D eigenvalue weighted by atomic mass is 16.7. The molecule has 0 fully saturated rings. The molecular formula is C15H15NO3. The molecular weight excluding hydrogens is 242 g/mol. The fraction of sp³-hybridized carbons (Fsp3) is 0.200. The Kier molecular flexibility index (Phi) is 3.31. The summed E-state index contributed by atoms with van der Waals surface area (Å²) in [6.07, 6.45) is -1.87. The van der Waals surface area contributed by atoms with Crippen LogP contribution in [0.2, 0.25) is 0 Å². The standard InChI is InChI=1S/C15H15NO3/c17-14-12-8-4-5-9-13(12)15(18)16(14)19-10-11-6-2-1-3-7-11/h1-9,14-15,17-18H,10H2. The molecule has 0 aliphatic carbocycles. The Balaban J connectivity index is 1.74. The van der Waals surface area contributed by atoms with Gasteiger partial charge in [-0.1, -0.05) is 54.6 Å². The molecule has 4 nitrogen and oxygen atoms in total. The van der Waals surface area contributed by atoms with Crippen LogP contribution in [0.1, 0.15) is 29.1 Å². The molecule has 0 saturated carbocycles. The maximum Gasteiger partial charge on any atom is 0.159 e. The number of aliphatic hydroxyl groups is 2. The predicted octanol–water partition coefficient (Wildman–Crippen LogP) is 2.12. The first-order valence-electron chi connectivity index (χ1n) is 6.17. The van der Waals surface area contributed by atoms with Gasteiger partial charge in [0, 0.05) is 11.1 Å². The van der Waals surface area contributed by atoms with Gasteiger partial charge >= 0.3 is 0 Å². The molecule has 2 aromatic rings. The quantitative estimate of drug-likeness (QED) is 0.884. The maximum absolute atomic E-state index is 10.1. The lowest BCUT2D eigenvalue weighted by molar-refractivity contribution is -0.302. The van der Waals surface area contributed by atoms with E-state index in [1.807, 2.05) is 42.5 Å². The number of hydrogen-bond donors (Lipinski definition) is 2. The first-order valence-corrected chi connectivity index (χ1v) is 6.17. The van der Waals surface area contributed by atoms with Gasteiger partial charge in [-0.15, -0.1) is 5.06 Å². The molecule has 0 radical (unpaired) electrons. The van der Waals surface area contributed by atoms with Crippen LogP contribution in [0.15, 0.2) is 54.6 Å². The molecule has 98 valence electrons. The molecule has 1 aliphatic rings. The highest BCUT2D eigenvalue weighted by Crippen LogP contribution is 2.39. The lowest BCUT2D eigenvalue weighted by Crippen LogP contribution is -2.26. The lowest BCUT2D eigenvalue weighted by Gasteiger charge is -2.23. The van der Waals surface area contributed by atoms with Gasteiger partial charge in [0.2, 0.25) is 0 Å². The third-order valence-electron chi connectivity index (χ3n) is 3.26. The van der Waals surface area contributed by atoms with Gasteiger partial charge < -0.3 is 10.2 Å². The van der Waals surface area contributed by atoms with Crippen molar-refractivity contribution in [2.45, 2.75) is 19.1 Å². The van der Waals surface area contributed by atoms with Crippen LogP contribution in [0.5, 0.6) is 0 Å². The van der Waals surface area contributed by atoms with Crippen LogP contribution in [0.25, 0.3) is 0 Å².